The first-order chi connectivity index (χ1) is 4.84. The van der Waals surface area contributed by atoms with E-state index in [1.54, 1.807) is 0 Å². The number of nitrogens with zero attached hydrogens (tertiary/aromatic N) is 1. The van der Waals surface area contributed by atoms with E-state index in [0.29, 0.717) is 0 Å². The molecule has 0 N–H and O–H groups in total. The van der Waals surface area contributed by atoms with Crippen molar-refractivity contribution in [1.29, 1.82) is 0 Å². The summed E-state index contributed by atoms with van der Waals surface area (Å²) in [5.74, 6) is 0. The van der Waals surface area contributed by atoms with Crippen LogP contribution in [0.3, 0.4) is 0 Å². The molecule has 0 aromatic rings. The molecule has 0 amide bonds. The van der Waals surface area contributed by atoms with Gasteiger partial charge in [-0.1, -0.05) is 12.2 Å². The second-order valence-electron chi connectivity index (χ2n) is 2.62. The van der Waals surface area contributed by atoms with E-state index in [-0.39, 0.29) is 0 Å². The summed E-state index contributed by atoms with van der Waals surface area (Å²) >= 11 is 0. The highest BCUT2D eigenvalue weighted by Gasteiger charge is 1.99. The summed E-state index contributed by atoms with van der Waals surface area (Å²) in [6, 6.07) is 0. The summed E-state index contributed by atoms with van der Waals surface area (Å²) in [7, 11) is 2.13. The van der Waals surface area contributed by atoms with Gasteiger partial charge < -0.3 is 4.90 Å². The first kappa shape index (κ1) is 7.39. The van der Waals surface area contributed by atoms with Gasteiger partial charge in [-0.25, -0.2) is 0 Å². The van der Waals surface area contributed by atoms with Crippen molar-refractivity contribution in [2.75, 3.05) is 13.6 Å². The number of hydrogen-bond acceptors (Lipinski definition) is 1. The van der Waals surface area contributed by atoms with E-state index >= 15 is 0 Å². The van der Waals surface area contributed by atoms with Crippen LogP contribution in [0.1, 0.15) is 19.8 Å². The molecule has 0 radical (unpaired) electrons. The Balaban J connectivity index is 2.54. The quantitative estimate of drug-likeness (QED) is 0.564. The average Bonchev–Trinajstić information content (AvgIpc) is 2.05. The smallest absolute Gasteiger partial charge is 0.0319 e. The molecular weight excluding hydrogens is 122 g/mol. The molecule has 1 aliphatic carbocycles. The summed E-state index contributed by atoms with van der Waals surface area (Å²) in [5.41, 5.74) is 1.37. The highest BCUT2D eigenvalue weighted by molar-refractivity contribution is 5.20. The van der Waals surface area contributed by atoms with Gasteiger partial charge in [0.05, 0.1) is 0 Å². The molecule has 0 aromatic heterocycles. The monoisotopic (exact) mass is 137 g/mol. The minimum absolute atomic E-state index is 1.09. The van der Waals surface area contributed by atoms with Crippen LogP contribution >= 0.6 is 0 Å². The van der Waals surface area contributed by atoms with Crippen LogP contribution in [-0.2, 0) is 0 Å². The fraction of sp³-hybridized carbons (Fsp3) is 0.556. The predicted molar refractivity (Wildman–Crippen MR) is 44.8 cm³/mol. The third-order valence-corrected chi connectivity index (χ3v) is 1.89. The molecule has 0 aliphatic heterocycles. The normalized spacial score (nSPS) is 16.8. The molecule has 10 heavy (non-hydrogen) atoms. The van der Waals surface area contributed by atoms with E-state index in [1.165, 1.54) is 18.5 Å². The van der Waals surface area contributed by atoms with Crippen LogP contribution in [0.2, 0.25) is 0 Å². The SMILES string of the molecule is CCN(C)C1=CCCC=C1. The first-order valence-corrected chi connectivity index (χ1v) is 3.92. The maximum absolute atomic E-state index is 2.30. The number of allylic oxidation sites excluding steroid dienone is 3. The molecule has 0 saturated carbocycles. The van der Waals surface area contributed by atoms with Gasteiger partial charge in [-0.3, -0.25) is 0 Å². The Labute approximate surface area is 63.0 Å². The third kappa shape index (κ3) is 1.63. The summed E-state index contributed by atoms with van der Waals surface area (Å²) in [6.45, 7) is 3.26. The lowest BCUT2D eigenvalue weighted by Crippen LogP contribution is -2.16. The molecule has 0 bridgehead atoms. The summed E-state index contributed by atoms with van der Waals surface area (Å²) in [4.78, 5) is 2.26. The third-order valence-electron chi connectivity index (χ3n) is 1.89. The minimum Gasteiger partial charge on any atom is -0.375 e. The van der Waals surface area contributed by atoms with Gasteiger partial charge in [-0.05, 0) is 25.8 Å². The van der Waals surface area contributed by atoms with Crippen molar-refractivity contribution in [3.63, 3.8) is 0 Å². The van der Waals surface area contributed by atoms with Crippen LogP contribution in [0.4, 0.5) is 0 Å². The van der Waals surface area contributed by atoms with Gasteiger partial charge in [-0.2, -0.15) is 0 Å². The molecule has 0 heterocycles. The Morgan fingerprint density at radius 1 is 1.50 bits per heavy atom. The second-order valence-corrected chi connectivity index (χ2v) is 2.62. The van der Waals surface area contributed by atoms with Gasteiger partial charge in [0.1, 0.15) is 0 Å². The van der Waals surface area contributed by atoms with Crippen molar-refractivity contribution >= 4 is 0 Å². The Morgan fingerprint density at radius 2 is 2.30 bits per heavy atom. The fourth-order valence-corrected chi connectivity index (χ4v) is 1.07. The van der Waals surface area contributed by atoms with E-state index in [9.17, 15) is 0 Å². The van der Waals surface area contributed by atoms with E-state index in [2.05, 4.69) is 37.1 Å². The van der Waals surface area contributed by atoms with Gasteiger partial charge >= 0.3 is 0 Å². The number of likely N-dealkylation sites (N-methyl/N-ethyl adjacent to an activating group) is 1. The second kappa shape index (κ2) is 3.45. The zero-order valence-electron chi connectivity index (χ0n) is 6.80. The Bertz CT molecular complexity index is 156. The van der Waals surface area contributed by atoms with Gasteiger partial charge in [0.15, 0.2) is 0 Å². The van der Waals surface area contributed by atoms with Crippen molar-refractivity contribution in [2.45, 2.75) is 19.8 Å². The van der Waals surface area contributed by atoms with Gasteiger partial charge in [0, 0.05) is 19.3 Å². The molecule has 0 spiro atoms. The first-order valence-electron chi connectivity index (χ1n) is 3.92. The molecule has 0 fully saturated rings. The number of rotatable bonds is 2. The maximum Gasteiger partial charge on any atom is 0.0319 e. The summed E-state index contributed by atoms with van der Waals surface area (Å²) in [6.07, 6.45) is 9.15. The molecule has 0 saturated heterocycles. The van der Waals surface area contributed by atoms with Crippen LogP contribution in [0.25, 0.3) is 0 Å². The van der Waals surface area contributed by atoms with Crippen molar-refractivity contribution < 1.29 is 0 Å². The molecule has 1 heteroatoms. The maximum atomic E-state index is 2.30. The van der Waals surface area contributed by atoms with Crippen LogP contribution in [0, 0.1) is 0 Å². The molecule has 1 nitrogen and oxygen atoms in total. The van der Waals surface area contributed by atoms with E-state index < -0.39 is 0 Å². The Hall–Kier alpha value is -0.720. The van der Waals surface area contributed by atoms with Crippen LogP contribution in [0.15, 0.2) is 23.9 Å². The molecule has 1 rings (SSSR count). The number of hydrogen-bond donors (Lipinski definition) is 0. The van der Waals surface area contributed by atoms with Crippen LogP contribution < -0.4 is 0 Å². The van der Waals surface area contributed by atoms with E-state index in [4.69, 9.17) is 0 Å². The van der Waals surface area contributed by atoms with Crippen LogP contribution in [-0.4, -0.2) is 18.5 Å². The Kier molecular flexibility index (Phi) is 2.55. The lowest BCUT2D eigenvalue weighted by atomic mass is 10.1. The molecule has 0 aromatic carbocycles. The van der Waals surface area contributed by atoms with E-state index in [0.717, 1.165) is 6.54 Å². The fourth-order valence-electron chi connectivity index (χ4n) is 1.07. The lowest BCUT2D eigenvalue weighted by Gasteiger charge is -2.19. The minimum atomic E-state index is 1.09. The largest absolute Gasteiger partial charge is 0.375 e. The van der Waals surface area contributed by atoms with Gasteiger partial charge in [0.25, 0.3) is 0 Å². The molecule has 0 unspecified atom stereocenters. The summed E-state index contributed by atoms with van der Waals surface area (Å²) < 4.78 is 0. The van der Waals surface area contributed by atoms with Crippen molar-refractivity contribution in [3.05, 3.63) is 23.9 Å². The molecular formula is C9H15N. The lowest BCUT2D eigenvalue weighted by molar-refractivity contribution is 0.452. The average molecular weight is 137 g/mol. The highest BCUT2D eigenvalue weighted by atomic mass is 15.1. The van der Waals surface area contributed by atoms with Gasteiger partial charge in [0.2, 0.25) is 0 Å². The highest BCUT2D eigenvalue weighted by Crippen LogP contribution is 2.11. The van der Waals surface area contributed by atoms with Crippen molar-refractivity contribution in [2.24, 2.45) is 0 Å². The van der Waals surface area contributed by atoms with Gasteiger partial charge in [-0.15, -0.1) is 0 Å². The van der Waals surface area contributed by atoms with E-state index in [1.807, 2.05) is 0 Å². The molecule has 1 aliphatic rings. The molecule has 56 valence electrons. The van der Waals surface area contributed by atoms with Crippen molar-refractivity contribution in [3.8, 4) is 0 Å². The molecule has 0 atom stereocenters. The zero-order valence-corrected chi connectivity index (χ0v) is 6.80. The van der Waals surface area contributed by atoms with Crippen molar-refractivity contribution in [1.82, 2.24) is 4.90 Å². The summed E-state index contributed by atoms with van der Waals surface area (Å²) in [5, 5.41) is 0. The topological polar surface area (TPSA) is 3.24 Å². The van der Waals surface area contributed by atoms with Crippen LogP contribution in [0.5, 0.6) is 0 Å². The Morgan fingerprint density at radius 3 is 2.80 bits per heavy atom. The standard InChI is InChI=1S/C9H15N/c1-3-10(2)9-7-5-4-6-8-9/h5,7-8H,3-4,6H2,1-2H3. The zero-order chi connectivity index (χ0) is 7.40. The predicted octanol–water partition coefficient (Wildman–Crippen LogP) is 2.17.